The average Bonchev–Trinajstić information content (AvgIpc) is 4.34. The number of furan rings is 2. The van der Waals surface area contributed by atoms with Gasteiger partial charge in [-0.2, -0.15) is 0 Å². The van der Waals surface area contributed by atoms with Crippen molar-refractivity contribution in [1.29, 1.82) is 0 Å². The molecule has 424 valence electrons. The Morgan fingerprint density at radius 2 is 1.11 bits per heavy atom. The van der Waals surface area contributed by atoms with Crippen LogP contribution in [0.15, 0.2) is 94.3 Å². The fourth-order valence-corrected chi connectivity index (χ4v) is 10.3. The summed E-state index contributed by atoms with van der Waals surface area (Å²) in [6.07, 6.45) is 5.39. The van der Waals surface area contributed by atoms with Gasteiger partial charge < -0.3 is 67.8 Å². The van der Waals surface area contributed by atoms with E-state index in [0.717, 1.165) is 42.2 Å². The van der Waals surface area contributed by atoms with Crippen molar-refractivity contribution in [3.05, 3.63) is 119 Å². The molecule has 0 radical (unpaired) electrons. The number of benzene rings is 2. The molecule has 12 rings (SSSR count). The first-order valence-corrected chi connectivity index (χ1v) is 26.2. The van der Waals surface area contributed by atoms with Crippen LogP contribution in [0.25, 0.3) is 21.9 Å². The molecule has 2 aromatic carbocycles. The van der Waals surface area contributed by atoms with Gasteiger partial charge in [0, 0.05) is 112 Å². The maximum absolute atomic E-state index is 14.0. The Bertz CT molecular complexity index is 3380. The van der Waals surface area contributed by atoms with Gasteiger partial charge in [-0.15, -0.1) is 0 Å². The first kappa shape index (κ1) is 55.3. The quantitative estimate of drug-likeness (QED) is 0.123. The molecule has 0 bridgehead atoms. The highest BCUT2D eigenvalue weighted by Crippen LogP contribution is 2.38. The highest BCUT2D eigenvalue weighted by atomic mass is 35.5. The highest BCUT2D eigenvalue weighted by Gasteiger charge is 2.57. The number of urea groups is 2. The van der Waals surface area contributed by atoms with Crippen molar-refractivity contribution in [2.75, 3.05) is 107 Å². The number of hydrogen-bond donors (Lipinski definition) is 3. The summed E-state index contributed by atoms with van der Waals surface area (Å²) in [6.45, 7) is 5.29. The van der Waals surface area contributed by atoms with Crippen molar-refractivity contribution in [1.82, 2.24) is 60.2 Å². The lowest BCUT2D eigenvalue weighted by Crippen LogP contribution is -2.53. The van der Waals surface area contributed by atoms with Crippen molar-refractivity contribution >= 4 is 81.4 Å². The molecule has 6 aliphatic heterocycles. The monoisotopic (exact) mass is 1130 g/mol. The van der Waals surface area contributed by atoms with Crippen molar-refractivity contribution in [2.45, 2.75) is 24.2 Å². The number of aromatic nitrogens is 2. The van der Waals surface area contributed by atoms with E-state index in [2.05, 4.69) is 40.5 Å². The topological polar surface area (TPSA) is 284 Å². The Morgan fingerprint density at radius 1 is 0.630 bits per heavy atom. The molecule has 4 saturated heterocycles. The molecule has 10 amide bonds. The summed E-state index contributed by atoms with van der Waals surface area (Å²) in [4.78, 5) is 122. The Morgan fingerprint density at radius 3 is 1.57 bits per heavy atom. The number of carbonyl (C=O) groups is 8. The van der Waals surface area contributed by atoms with E-state index in [4.69, 9.17) is 34.6 Å². The largest absolute Gasteiger partial charge is 0.497 e. The second-order valence-corrected chi connectivity index (χ2v) is 20.2. The van der Waals surface area contributed by atoms with Crippen molar-refractivity contribution < 1.29 is 66.1 Å². The molecule has 0 saturated carbocycles. The summed E-state index contributed by atoms with van der Waals surface area (Å²) < 4.78 is 32.4. The summed E-state index contributed by atoms with van der Waals surface area (Å²) in [5, 5.41) is 8.97. The standard InChI is InChI=1S/C27H28N6O7.C20H16N4O5.C7H13ClN2O2/c1-30-7-9-31(10-8-30)26(37)39-16-33-24(35)27(29-25(33)36,22-11-18-13-28-6-5-21(18)40-22)15-32-14-17-3-4-19(38-2)12-20(17)23(32)34;1-28-13-3-2-11-9-24(17(25)14(11)7-13)10-20(18(26)22-19(27)23-20)16-6-12-8-21-5-4-15(12)29-16;1-9-2-4-10(5-3-9)7(11)12-6-8/h3-6,11-13H,7-10,14-16H2,1-2H3,(H,29,36);2-8H,9-10H2,1H3,(H2,22,23,26,27);2-6H2,1H3/t27-;20-;/m00./s1. The van der Waals surface area contributed by atoms with Gasteiger partial charge >= 0.3 is 24.2 Å². The lowest BCUT2D eigenvalue weighted by Gasteiger charge is -2.32. The second kappa shape index (κ2) is 23.0. The Kier molecular flexibility index (Phi) is 15.7. The minimum Gasteiger partial charge on any atom is -0.497 e. The number of hydrogen-bond acceptors (Lipinski definition) is 18. The maximum atomic E-state index is 14.0. The Balaban J connectivity index is 0.000000156. The minimum atomic E-state index is -1.75. The van der Waals surface area contributed by atoms with E-state index in [1.807, 2.05) is 20.2 Å². The normalized spacial score (nSPS) is 20.8. The predicted molar refractivity (Wildman–Crippen MR) is 286 cm³/mol. The van der Waals surface area contributed by atoms with Crippen LogP contribution >= 0.6 is 11.6 Å². The third kappa shape index (κ3) is 11.0. The molecule has 6 aliphatic rings. The summed E-state index contributed by atoms with van der Waals surface area (Å²) in [6, 6.07) is 15.6. The van der Waals surface area contributed by atoms with E-state index < -0.39 is 47.8 Å². The Hall–Kier alpha value is -9.01. The minimum absolute atomic E-state index is 0.0643. The van der Waals surface area contributed by atoms with Crippen LogP contribution in [0, 0.1) is 0 Å². The molecule has 26 nitrogen and oxygen atoms in total. The molecule has 2 atom stereocenters. The summed E-state index contributed by atoms with van der Waals surface area (Å²) in [7, 11) is 7.04. The molecule has 0 unspecified atom stereocenters. The van der Waals surface area contributed by atoms with E-state index in [0.29, 0.717) is 77.3 Å². The third-order valence-corrected chi connectivity index (χ3v) is 15.0. The Labute approximate surface area is 467 Å². The molecule has 3 N–H and O–H groups in total. The van der Waals surface area contributed by atoms with E-state index >= 15 is 0 Å². The predicted octanol–water partition coefficient (Wildman–Crippen LogP) is 3.67. The zero-order chi connectivity index (χ0) is 57.2. The summed E-state index contributed by atoms with van der Waals surface area (Å²) >= 11 is 5.26. The van der Waals surface area contributed by atoms with Gasteiger partial charge in [-0.05, 0) is 73.8 Å². The number of methoxy groups -OCH3 is 2. The van der Waals surface area contributed by atoms with Gasteiger partial charge in [-0.3, -0.25) is 34.5 Å². The average molecular weight is 1130 g/mol. The van der Waals surface area contributed by atoms with Crippen LogP contribution in [0.1, 0.15) is 43.4 Å². The van der Waals surface area contributed by atoms with Crippen LogP contribution in [0.4, 0.5) is 19.2 Å². The van der Waals surface area contributed by atoms with Gasteiger partial charge in [0.1, 0.15) is 34.2 Å². The van der Waals surface area contributed by atoms with E-state index in [1.54, 1.807) is 84.3 Å². The number of fused-ring (bicyclic) bond motifs is 4. The number of ether oxygens (including phenoxy) is 4. The number of rotatable bonds is 11. The SMILES string of the molecule is CN1CCN(C(=O)OCCl)CC1.COc1ccc2c(c1)C(=O)N(C[C@@]1(c3cc4cnccc4o3)NC(=O)N(COC(=O)N3CCN(C)CC3)C1=O)C2.COc1ccc2c(c1)C(=O)N(C[C@@]1(c3cc4cnccc4o3)NC(=O)NC1=O)C2. The first-order chi connectivity index (χ1) is 39.0. The van der Waals surface area contributed by atoms with Gasteiger partial charge in [0.15, 0.2) is 23.9 Å². The summed E-state index contributed by atoms with van der Waals surface area (Å²) in [5.74, 6) is -0.336. The van der Waals surface area contributed by atoms with Gasteiger partial charge in [0.25, 0.3) is 23.6 Å². The fraction of sp³-hybridized carbons (Fsp3) is 0.370. The van der Waals surface area contributed by atoms with Gasteiger partial charge in [0.2, 0.25) is 0 Å². The molecule has 6 aromatic rings. The molecule has 27 heteroatoms. The smallest absolute Gasteiger partial charge is 0.411 e. The van der Waals surface area contributed by atoms with Gasteiger partial charge in [-0.25, -0.2) is 24.1 Å². The van der Waals surface area contributed by atoms with Crippen molar-refractivity contribution in [3.8, 4) is 11.5 Å². The molecule has 10 heterocycles. The van der Waals surface area contributed by atoms with E-state index in [1.165, 1.54) is 28.9 Å². The van der Waals surface area contributed by atoms with Gasteiger partial charge in [-0.1, -0.05) is 23.7 Å². The molecule has 4 aromatic heterocycles. The first-order valence-electron chi connectivity index (χ1n) is 25.7. The molecular weight excluding hydrogens is 1080 g/mol. The zero-order valence-electron chi connectivity index (χ0n) is 44.6. The van der Waals surface area contributed by atoms with Crippen molar-refractivity contribution in [3.63, 3.8) is 0 Å². The molecule has 0 spiro atoms. The summed E-state index contributed by atoms with van der Waals surface area (Å²) in [5.41, 5.74) is 0.275. The van der Waals surface area contributed by atoms with E-state index in [9.17, 15) is 38.4 Å². The van der Waals surface area contributed by atoms with Crippen molar-refractivity contribution in [2.24, 2.45) is 0 Å². The van der Waals surface area contributed by atoms with Gasteiger partial charge in [0.05, 0.1) is 27.3 Å². The molecule has 81 heavy (non-hydrogen) atoms. The van der Waals surface area contributed by atoms with Crippen LogP contribution in [0.3, 0.4) is 0 Å². The van der Waals surface area contributed by atoms with Crippen LogP contribution in [0.2, 0.25) is 0 Å². The lowest BCUT2D eigenvalue weighted by atomic mass is 9.95. The number of carbonyl (C=O) groups excluding carboxylic acids is 8. The second-order valence-electron chi connectivity index (χ2n) is 19.9. The van der Waals surface area contributed by atoms with Crippen LogP contribution < -0.4 is 25.4 Å². The zero-order valence-corrected chi connectivity index (χ0v) is 45.4. The number of pyridine rings is 2. The van der Waals surface area contributed by atoms with Crippen LogP contribution in [-0.4, -0.2) is 199 Å². The lowest BCUT2D eigenvalue weighted by molar-refractivity contribution is -0.135. The number of piperazine rings is 2. The number of nitrogens with one attached hydrogen (secondary N) is 3. The number of nitrogens with zero attached hydrogens (tertiary/aromatic N) is 9. The van der Waals surface area contributed by atoms with Crippen LogP contribution in [-0.2, 0) is 43.2 Å². The van der Waals surface area contributed by atoms with Crippen LogP contribution in [0.5, 0.6) is 11.5 Å². The molecule has 4 fully saturated rings. The molecular formula is C54H57ClN12O14. The third-order valence-electron chi connectivity index (χ3n) is 14.9. The molecule has 0 aliphatic carbocycles. The number of halogens is 1. The number of alkyl halides is 1. The van der Waals surface area contributed by atoms with E-state index in [-0.39, 0.29) is 55.1 Å². The number of amides is 10. The highest BCUT2D eigenvalue weighted by molar-refractivity contribution is 6.17. The number of imide groups is 2. The number of likely N-dealkylation sites (N-methyl/N-ethyl adjacent to an activating group) is 2. The maximum Gasteiger partial charge on any atom is 0.411 e. The fourth-order valence-electron chi connectivity index (χ4n) is 10.2.